The number of methoxy groups -OCH3 is 1. The lowest BCUT2D eigenvalue weighted by Gasteiger charge is -2.25. The topological polar surface area (TPSA) is 64.3 Å². The standard InChI is InChI=1S/C14H28N2O2/c1-18-11-3-2-10-16-14(17)9-6-12-4-7-13(15)8-5-12/h12-13H,2-11,15H2,1H3,(H,16,17). The van der Waals surface area contributed by atoms with Crippen LogP contribution in [0.15, 0.2) is 0 Å². The van der Waals surface area contributed by atoms with Crippen molar-refractivity contribution < 1.29 is 9.53 Å². The molecule has 0 heterocycles. The highest BCUT2D eigenvalue weighted by Crippen LogP contribution is 2.26. The quantitative estimate of drug-likeness (QED) is 0.651. The number of carbonyl (C=O) groups is 1. The maximum Gasteiger partial charge on any atom is 0.220 e. The third-order valence-electron chi connectivity index (χ3n) is 3.77. The second kappa shape index (κ2) is 9.34. The fourth-order valence-electron chi connectivity index (χ4n) is 2.50. The van der Waals surface area contributed by atoms with Crippen LogP contribution in [0.2, 0.25) is 0 Å². The van der Waals surface area contributed by atoms with Crippen molar-refractivity contribution in [3.63, 3.8) is 0 Å². The number of amides is 1. The van der Waals surface area contributed by atoms with Crippen molar-refractivity contribution in [3.8, 4) is 0 Å². The minimum Gasteiger partial charge on any atom is -0.385 e. The molecule has 0 bridgehead atoms. The number of carbonyl (C=O) groups excluding carboxylic acids is 1. The van der Waals surface area contributed by atoms with E-state index in [0.29, 0.717) is 18.4 Å². The van der Waals surface area contributed by atoms with Crippen molar-refractivity contribution in [1.82, 2.24) is 5.32 Å². The normalized spacial score (nSPS) is 23.9. The average Bonchev–Trinajstić information content (AvgIpc) is 2.38. The summed E-state index contributed by atoms with van der Waals surface area (Å²) >= 11 is 0. The highest BCUT2D eigenvalue weighted by Gasteiger charge is 2.18. The Bertz CT molecular complexity index is 226. The predicted octanol–water partition coefficient (Wildman–Crippen LogP) is 1.83. The molecule has 4 nitrogen and oxygen atoms in total. The van der Waals surface area contributed by atoms with Crippen LogP contribution in [-0.4, -0.2) is 32.2 Å². The summed E-state index contributed by atoms with van der Waals surface area (Å²) in [6, 6.07) is 0.399. The molecule has 0 aromatic heterocycles. The van der Waals surface area contributed by atoms with Gasteiger partial charge >= 0.3 is 0 Å². The maximum absolute atomic E-state index is 11.6. The van der Waals surface area contributed by atoms with E-state index < -0.39 is 0 Å². The predicted molar refractivity (Wildman–Crippen MR) is 73.3 cm³/mol. The number of nitrogens with one attached hydrogen (secondary N) is 1. The van der Waals surface area contributed by atoms with Gasteiger partial charge in [-0.2, -0.15) is 0 Å². The van der Waals surface area contributed by atoms with Crippen molar-refractivity contribution in [3.05, 3.63) is 0 Å². The fourth-order valence-corrected chi connectivity index (χ4v) is 2.50. The van der Waals surface area contributed by atoms with Crippen molar-refractivity contribution in [2.45, 2.75) is 57.4 Å². The molecule has 0 radical (unpaired) electrons. The number of rotatable bonds is 8. The van der Waals surface area contributed by atoms with Crippen molar-refractivity contribution in [2.24, 2.45) is 11.7 Å². The lowest BCUT2D eigenvalue weighted by molar-refractivity contribution is -0.121. The fraction of sp³-hybridized carbons (Fsp3) is 0.929. The Hall–Kier alpha value is -0.610. The zero-order chi connectivity index (χ0) is 13.2. The Labute approximate surface area is 111 Å². The van der Waals surface area contributed by atoms with Crippen LogP contribution in [0.1, 0.15) is 51.4 Å². The molecular formula is C14H28N2O2. The lowest BCUT2D eigenvalue weighted by Crippen LogP contribution is -2.28. The highest BCUT2D eigenvalue weighted by atomic mass is 16.5. The van der Waals surface area contributed by atoms with Crippen LogP contribution < -0.4 is 11.1 Å². The van der Waals surface area contributed by atoms with E-state index in [4.69, 9.17) is 10.5 Å². The van der Waals surface area contributed by atoms with Gasteiger partial charge in [-0.15, -0.1) is 0 Å². The van der Waals surface area contributed by atoms with Crippen LogP contribution in [0.25, 0.3) is 0 Å². The molecule has 18 heavy (non-hydrogen) atoms. The largest absolute Gasteiger partial charge is 0.385 e. The smallest absolute Gasteiger partial charge is 0.220 e. The van der Waals surface area contributed by atoms with Gasteiger partial charge in [0.1, 0.15) is 0 Å². The Morgan fingerprint density at radius 1 is 1.28 bits per heavy atom. The first-order valence-corrected chi connectivity index (χ1v) is 7.23. The van der Waals surface area contributed by atoms with Crippen molar-refractivity contribution in [2.75, 3.05) is 20.3 Å². The molecule has 1 rings (SSSR count). The van der Waals surface area contributed by atoms with Crippen LogP contribution in [0.5, 0.6) is 0 Å². The minimum atomic E-state index is 0.197. The molecule has 0 saturated heterocycles. The molecule has 1 saturated carbocycles. The summed E-state index contributed by atoms with van der Waals surface area (Å²) in [6.45, 7) is 1.55. The van der Waals surface area contributed by atoms with Gasteiger partial charge in [-0.3, -0.25) is 4.79 Å². The Kier molecular flexibility index (Phi) is 8.01. The third-order valence-corrected chi connectivity index (χ3v) is 3.77. The molecule has 0 spiro atoms. The van der Waals surface area contributed by atoms with Crippen molar-refractivity contribution >= 4 is 5.91 Å². The first kappa shape index (κ1) is 15.4. The van der Waals surface area contributed by atoms with Crippen LogP contribution in [0.3, 0.4) is 0 Å². The Morgan fingerprint density at radius 2 is 2.00 bits per heavy atom. The molecule has 0 atom stereocenters. The van der Waals surface area contributed by atoms with E-state index in [1.165, 1.54) is 12.8 Å². The van der Waals surface area contributed by atoms with Gasteiger partial charge in [-0.05, 0) is 50.9 Å². The van der Waals surface area contributed by atoms with Gasteiger partial charge in [0.15, 0.2) is 0 Å². The molecule has 0 unspecified atom stereocenters. The van der Waals surface area contributed by atoms with Gasteiger partial charge in [0.25, 0.3) is 0 Å². The SMILES string of the molecule is COCCCCNC(=O)CCC1CCC(N)CC1. The summed E-state index contributed by atoms with van der Waals surface area (Å²) in [7, 11) is 1.70. The monoisotopic (exact) mass is 256 g/mol. The summed E-state index contributed by atoms with van der Waals surface area (Å²) in [5, 5.41) is 2.97. The van der Waals surface area contributed by atoms with Crippen molar-refractivity contribution in [1.29, 1.82) is 0 Å². The third kappa shape index (κ3) is 6.97. The highest BCUT2D eigenvalue weighted by molar-refractivity contribution is 5.75. The summed E-state index contributed by atoms with van der Waals surface area (Å²) in [5.74, 6) is 0.909. The first-order chi connectivity index (χ1) is 8.72. The van der Waals surface area contributed by atoms with E-state index in [1.807, 2.05) is 0 Å². The van der Waals surface area contributed by atoms with E-state index in [2.05, 4.69) is 5.32 Å². The number of nitrogens with two attached hydrogens (primary N) is 1. The second-order valence-corrected chi connectivity index (χ2v) is 5.37. The van der Waals surface area contributed by atoms with E-state index in [9.17, 15) is 4.79 Å². The summed E-state index contributed by atoms with van der Waals surface area (Å²) in [5.41, 5.74) is 5.87. The lowest BCUT2D eigenvalue weighted by atomic mass is 9.84. The number of hydrogen-bond acceptors (Lipinski definition) is 3. The first-order valence-electron chi connectivity index (χ1n) is 7.23. The Morgan fingerprint density at radius 3 is 2.67 bits per heavy atom. The van der Waals surface area contributed by atoms with Crippen LogP contribution in [0, 0.1) is 5.92 Å². The summed E-state index contributed by atoms with van der Waals surface area (Å²) in [4.78, 5) is 11.6. The molecule has 3 N–H and O–H groups in total. The molecule has 1 aliphatic carbocycles. The van der Waals surface area contributed by atoms with Gasteiger partial charge in [0, 0.05) is 32.7 Å². The maximum atomic E-state index is 11.6. The van der Waals surface area contributed by atoms with Gasteiger partial charge in [-0.1, -0.05) is 0 Å². The number of ether oxygens (including phenoxy) is 1. The van der Waals surface area contributed by atoms with E-state index in [0.717, 1.165) is 45.3 Å². The summed E-state index contributed by atoms with van der Waals surface area (Å²) in [6.07, 6.45) is 8.35. The molecule has 1 aliphatic rings. The second-order valence-electron chi connectivity index (χ2n) is 5.37. The van der Waals surface area contributed by atoms with Gasteiger partial charge in [0.2, 0.25) is 5.91 Å². The molecule has 106 valence electrons. The van der Waals surface area contributed by atoms with Gasteiger partial charge < -0.3 is 15.8 Å². The van der Waals surface area contributed by atoms with Crippen LogP contribution in [0.4, 0.5) is 0 Å². The van der Waals surface area contributed by atoms with Gasteiger partial charge in [-0.25, -0.2) is 0 Å². The molecule has 1 fully saturated rings. The molecule has 0 aromatic rings. The molecule has 1 amide bonds. The molecular weight excluding hydrogens is 228 g/mol. The molecule has 4 heteroatoms. The van der Waals surface area contributed by atoms with Crippen LogP contribution in [-0.2, 0) is 9.53 Å². The van der Waals surface area contributed by atoms with E-state index in [1.54, 1.807) is 7.11 Å². The van der Waals surface area contributed by atoms with E-state index in [-0.39, 0.29) is 5.91 Å². The summed E-state index contributed by atoms with van der Waals surface area (Å²) < 4.78 is 4.96. The number of unbranched alkanes of at least 4 members (excludes halogenated alkanes) is 1. The number of hydrogen-bond donors (Lipinski definition) is 2. The van der Waals surface area contributed by atoms with E-state index >= 15 is 0 Å². The van der Waals surface area contributed by atoms with Crippen LogP contribution >= 0.6 is 0 Å². The molecule has 0 aromatic carbocycles. The average molecular weight is 256 g/mol. The zero-order valence-electron chi connectivity index (χ0n) is 11.6. The van der Waals surface area contributed by atoms with Gasteiger partial charge in [0.05, 0.1) is 0 Å². The molecule has 0 aliphatic heterocycles. The minimum absolute atomic E-state index is 0.197. The Balaban J connectivity index is 1.96. The zero-order valence-corrected chi connectivity index (χ0v) is 11.6.